The molecule has 0 spiro atoms. The lowest BCUT2D eigenvalue weighted by Gasteiger charge is -2.11. The van der Waals surface area contributed by atoms with Gasteiger partial charge in [0.25, 0.3) is 5.91 Å². The first-order chi connectivity index (χ1) is 9.95. The van der Waals surface area contributed by atoms with Crippen LogP contribution in [0.5, 0.6) is 0 Å². The minimum Gasteiger partial charge on any atom is -0.348 e. The van der Waals surface area contributed by atoms with Crippen molar-refractivity contribution in [3.8, 4) is 0 Å². The molecule has 2 aromatic rings. The van der Waals surface area contributed by atoms with E-state index in [9.17, 15) is 9.18 Å². The van der Waals surface area contributed by atoms with Crippen LogP contribution in [0.3, 0.4) is 0 Å². The van der Waals surface area contributed by atoms with E-state index >= 15 is 0 Å². The number of nitrogens with one attached hydrogen (secondary N) is 2. The molecule has 0 radical (unpaired) electrons. The minimum atomic E-state index is -0.273. The molecule has 0 unspecified atom stereocenters. The van der Waals surface area contributed by atoms with Crippen molar-refractivity contribution in [2.24, 2.45) is 0 Å². The summed E-state index contributed by atoms with van der Waals surface area (Å²) in [6.45, 7) is 5.47. The molecule has 1 saturated heterocycles. The molecule has 3 rings (SSSR count). The number of benzene rings is 1. The average molecular weight is 289 g/mol. The van der Waals surface area contributed by atoms with Gasteiger partial charge in [-0.1, -0.05) is 0 Å². The van der Waals surface area contributed by atoms with Crippen molar-refractivity contribution < 1.29 is 9.18 Å². The van der Waals surface area contributed by atoms with E-state index in [1.165, 1.54) is 0 Å². The van der Waals surface area contributed by atoms with E-state index in [0.717, 1.165) is 30.5 Å². The SMILES string of the molecule is Cc1cc2cc(C(=O)N[C@H]3CCN(C)C3)[nH]c2c(F)c1C. The average Bonchev–Trinajstić information content (AvgIpc) is 3.03. The van der Waals surface area contributed by atoms with Crippen molar-refractivity contribution in [3.05, 3.63) is 34.8 Å². The Morgan fingerprint density at radius 3 is 2.86 bits per heavy atom. The smallest absolute Gasteiger partial charge is 0.267 e. The molecule has 0 saturated carbocycles. The number of nitrogens with zero attached hydrogens (tertiary/aromatic N) is 1. The third-order valence-corrected chi connectivity index (χ3v) is 4.33. The van der Waals surface area contributed by atoms with Crippen molar-refractivity contribution in [1.82, 2.24) is 15.2 Å². The summed E-state index contributed by atoms with van der Waals surface area (Å²) in [5.74, 6) is -0.439. The Hall–Kier alpha value is -1.88. The number of likely N-dealkylation sites (N-methyl/N-ethyl adjacent to an activating group) is 1. The molecule has 4 nitrogen and oxygen atoms in total. The zero-order chi connectivity index (χ0) is 15.1. The highest BCUT2D eigenvalue weighted by molar-refractivity contribution is 5.98. The molecule has 5 heteroatoms. The van der Waals surface area contributed by atoms with Crippen LogP contribution in [0.25, 0.3) is 10.9 Å². The van der Waals surface area contributed by atoms with Gasteiger partial charge in [-0.3, -0.25) is 4.79 Å². The van der Waals surface area contributed by atoms with Crippen molar-refractivity contribution >= 4 is 16.8 Å². The summed E-state index contributed by atoms with van der Waals surface area (Å²) in [4.78, 5) is 17.4. The molecule has 0 bridgehead atoms. The van der Waals surface area contributed by atoms with Crippen LogP contribution < -0.4 is 5.32 Å². The van der Waals surface area contributed by atoms with Crippen LogP contribution >= 0.6 is 0 Å². The number of fused-ring (bicyclic) bond motifs is 1. The van der Waals surface area contributed by atoms with Gasteiger partial charge in [-0.25, -0.2) is 4.39 Å². The maximum atomic E-state index is 14.2. The molecular formula is C16H20FN3O. The first kappa shape index (κ1) is 14.1. The Balaban J connectivity index is 1.87. The maximum absolute atomic E-state index is 14.2. The molecule has 0 aliphatic carbocycles. The molecule has 1 aliphatic rings. The van der Waals surface area contributed by atoms with E-state index in [1.54, 1.807) is 13.0 Å². The van der Waals surface area contributed by atoms with Gasteiger partial charge in [-0.2, -0.15) is 0 Å². The fraction of sp³-hybridized carbons (Fsp3) is 0.438. The minimum absolute atomic E-state index is 0.166. The molecular weight excluding hydrogens is 269 g/mol. The quantitative estimate of drug-likeness (QED) is 0.891. The number of aromatic amines is 1. The fourth-order valence-corrected chi connectivity index (χ4v) is 2.91. The Labute approximate surface area is 123 Å². The molecule has 1 fully saturated rings. The summed E-state index contributed by atoms with van der Waals surface area (Å²) in [5, 5.41) is 3.74. The van der Waals surface area contributed by atoms with Crippen LogP contribution in [0.1, 0.15) is 28.0 Å². The van der Waals surface area contributed by atoms with E-state index in [1.807, 2.05) is 20.0 Å². The van der Waals surface area contributed by atoms with Gasteiger partial charge in [-0.15, -0.1) is 0 Å². The second-order valence-electron chi connectivity index (χ2n) is 6.00. The predicted octanol–water partition coefficient (Wildman–Crippen LogP) is 2.36. The molecule has 21 heavy (non-hydrogen) atoms. The molecule has 1 aromatic carbocycles. The zero-order valence-electron chi connectivity index (χ0n) is 12.6. The lowest BCUT2D eigenvalue weighted by Crippen LogP contribution is -2.36. The summed E-state index contributed by atoms with van der Waals surface area (Å²) in [7, 11) is 2.04. The Bertz CT molecular complexity index is 707. The van der Waals surface area contributed by atoms with Gasteiger partial charge in [0, 0.05) is 18.0 Å². The Morgan fingerprint density at radius 2 is 2.19 bits per heavy atom. The van der Waals surface area contributed by atoms with Gasteiger partial charge in [0.05, 0.1) is 5.52 Å². The van der Waals surface area contributed by atoms with Crippen molar-refractivity contribution in [2.45, 2.75) is 26.3 Å². The van der Waals surface area contributed by atoms with Crippen LogP contribution in [0.15, 0.2) is 12.1 Å². The molecule has 1 atom stereocenters. The van der Waals surface area contributed by atoms with Gasteiger partial charge in [0.1, 0.15) is 11.5 Å². The van der Waals surface area contributed by atoms with Crippen LogP contribution in [0.4, 0.5) is 4.39 Å². The first-order valence-corrected chi connectivity index (χ1v) is 7.23. The van der Waals surface area contributed by atoms with E-state index in [2.05, 4.69) is 15.2 Å². The largest absolute Gasteiger partial charge is 0.348 e. The number of hydrogen-bond acceptors (Lipinski definition) is 2. The third kappa shape index (κ3) is 2.53. The highest BCUT2D eigenvalue weighted by atomic mass is 19.1. The van der Waals surface area contributed by atoms with Gasteiger partial charge in [0.15, 0.2) is 0 Å². The van der Waals surface area contributed by atoms with Gasteiger partial charge in [-0.05, 0) is 57.1 Å². The second kappa shape index (κ2) is 5.15. The second-order valence-corrected chi connectivity index (χ2v) is 6.00. The van der Waals surface area contributed by atoms with E-state index < -0.39 is 0 Å². The number of rotatable bonds is 2. The maximum Gasteiger partial charge on any atom is 0.267 e. The number of aryl methyl sites for hydroxylation is 1. The standard InChI is InChI=1S/C16H20FN3O/c1-9-6-11-7-13(19-15(11)14(17)10(9)2)16(21)18-12-4-5-20(3)8-12/h6-7,12,19H,4-5,8H2,1-3H3,(H,18,21)/t12-/m0/s1. The summed E-state index contributed by atoms with van der Waals surface area (Å²) < 4.78 is 14.2. The molecule has 2 heterocycles. The number of halogens is 1. The molecule has 2 N–H and O–H groups in total. The van der Waals surface area contributed by atoms with E-state index in [-0.39, 0.29) is 17.8 Å². The van der Waals surface area contributed by atoms with Crippen LogP contribution in [-0.4, -0.2) is 42.0 Å². The van der Waals surface area contributed by atoms with Crippen molar-refractivity contribution in [2.75, 3.05) is 20.1 Å². The number of likely N-dealkylation sites (tertiary alicyclic amines) is 1. The summed E-state index contributed by atoms with van der Waals surface area (Å²) in [6.07, 6.45) is 0.953. The predicted molar refractivity (Wildman–Crippen MR) is 81.1 cm³/mol. The van der Waals surface area contributed by atoms with Crippen molar-refractivity contribution in [3.63, 3.8) is 0 Å². The lowest BCUT2D eigenvalue weighted by molar-refractivity contribution is 0.0934. The molecule has 1 amide bonds. The number of H-pyrrole nitrogens is 1. The molecule has 1 aliphatic heterocycles. The summed E-state index contributed by atoms with van der Waals surface area (Å²) >= 11 is 0. The first-order valence-electron chi connectivity index (χ1n) is 7.23. The Morgan fingerprint density at radius 1 is 1.43 bits per heavy atom. The number of amides is 1. The highest BCUT2D eigenvalue weighted by Gasteiger charge is 2.22. The Kier molecular flexibility index (Phi) is 3.45. The topological polar surface area (TPSA) is 48.1 Å². The number of carbonyl (C=O) groups is 1. The fourth-order valence-electron chi connectivity index (χ4n) is 2.91. The van der Waals surface area contributed by atoms with Crippen LogP contribution in [-0.2, 0) is 0 Å². The highest BCUT2D eigenvalue weighted by Crippen LogP contribution is 2.24. The lowest BCUT2D eigenvalue weighted by atomic mass is 10.1. The molecule has 1 aromatic heterocycles. The van der Waals surface area contributed by atoms with Crippen LogP contribution in [0.2, 0.25) is 0 Å². The number of hydrogen-bond donors (Lipinski definition) is 2. The van der Waals surface area contributed by atoms with E-state index in [0.29, 0.717) is 16.8 Å². The van der Waals surface area contributed by atoms with Gasteiger partial charge in [0.2, 0.25) is 0 Å². The van der Waals surface area contributed by atoms with Gasteiger partial charge < -0.3 is 15.2 Å². The van der Waals surface area contributed by atoms with Crippen molar-refractivity contribution in [1.29, 1.82) is 0 Å². The molecule has 112 valence electrons. The van der Waals surface area contributed by atoms with Crippen LogP contribution in [0, 0.1) is 19.7 Å². The number of carbonyl (C=O) groups excluding carboxylic acids is 1. The summed E-state index contributed by atoms with van der Waals surface area (Å²) in [6, 6.07) is 3.80. The number of aromatic nitrogens is 1. The van der Waals surface area contributed by atoms with Gasteiger partial charge >= 0.3 is 0 Å². The monoisotopic (exact) mass is 289 g/mol. The van der Waals surface area contributed by atoms with E-state index in [4.69, 9.17) is 0 Å². The third-order valence-electron chi connectivity index (χ3n) is 4.33. The summed E-state index contributed by atoms with van der Waals surface area (Å²) in [5.41, 5.74) is 2.34. The zero-order valence-corrected chi connectivity index (χ0v) is 12.6. The normalized spacial score (nSPS) is 19.3.